The van der Waals surface area contributed by atoms with Gasteiger partial charge in [-0.15, -0.1) is 11.3 Å². The zero-order chi connectivity index (χ0) is 15.5. The number of aliphatic hydroxyl groups excluding tert-OH is 1. The molecule has 2 atom stereocenters. The average molecular weight is 331 g/mol. The second-order valence-electron chi connectivity index (χ2n) is 4.96. The van der Waals surface area contributed by atoms with Gasteiger partial charge in [0.1, 0.15) is 16.1 Å². The van der Waals surface area contributed by atoms with E-state index >= 15 is 0 Å². The van der Waals surface area contributed by atoms with Gasteiger partial charge in [-0.3, -0.25) is 4.99 Å². The van der Waals surface area contributed by atoms with Gasteiger partial charge in [0.05, 0.1) is 0 Å². The third-order valence-electron chi connectivity index (χ3n) is 3.32. The Morgan fingerprint density at radius 3 is 3.00 bits per heavy atom. The predicted molar refractivity (Wildman–Crippen MR) is 84.3 cm³/mol. The van der Waals surface area contributed by atoms with Gasteiger partial charge in [0.2, 0.25) is 0 Å². The van der Waals surface area contributed by atoms with Crippen molar-refractivity contribution in [3.63, 3.8) is 0 Å². The van der Waals surface area contributed by atoms with E-state index in [9.17, 15) is 13.5 Å². The molecule has 1 aromatic heterocycles. The Kier molecular flexibility index (Phi) is 5.37. The number of rotatable bonds is 5. The number of nitrogens with one attached hydrogen (secondary N) is 1. The first-order chi connectivity index (χ1) is 9.95. The maximum Gasteiger partial charge on any atom is 0.252 e. The van der Waals surface area contributed by atoms with Gasteiger partial charge in [-0.05, 0) is 31.7 Å². The van der Waals surface area contributed by atoms with Crippen LogP contribution in [0.3, 0.4) is 0 Å². The highest BCUT2D eigenvalue weighted by Gasteiger charge is 2.33. The van der Waals surface area contributed by atoms with Crippen LogP contribution in [0.25, 0.3) is 0 Å². The van der Waals surface area contributed by atoms with E-state index in [4.69, 9.17) is 0 Å². The first-order valence-corrected chi connectivity index (χ1v) is 9.29. The third kappa shape index (κ3) is 3.82. The summed E-state index contributed by atoms with van der Waals surface area (Å²) in [4.78, 5) is 4.21. The van der Waals surface area contributed by atoms with Crippen LogP contribution in [0.2, 0.25) is 0 Å². The van der Waals surface area contributed by atoms with Crippen molar-refractivity contribution >= 4 is 27.2 Å². The number of nitrogens with zero attached hydrogens (tertiary/aromatic N) is 2. The van der Waals surface area contributed by atoms with E-state index in [1.165, 1.54) is 15.6 Å². The number of sulfonamides is 1. The molecule has 1 aliphatic rings. The summed E-state index contributed by atoms with van der Waals surface area (Å²) >= 11 is 1.23. The summed E-state index contributed by atoms with van der Waals surface area (Å²) in [7, 11) is -3.39. The molecule has 1 fully saturated rings. The van der Waals surface area contributed by atoms with Crippen LogP contribution < -0.4 is 5.32 Å². The molecule has 118 valence electrons. The van der Waals surface area contributed by atoms with Crippen molar-refractivity contribution in [3.8, 4) is 0 Å². The van der Waals surface area contributed by atoms with Gasteiger partial charge in [0.15, 0.2) is 0 Å². The Morgan fingerprint density at radius 1 is 1.67 bits per heavy atom. The number of amidine groups is 1. The molecule has 0 aromatic carbocycles. The molecule has 0 bridgehead atoms. The standard InChI is InChI=1S/C13H21N3O3S2/c1-3-14-13(10(2)17)15-11-6-7-16(9-11)21(18,19)12-5-4-8-20-12/h4-5,8,10-11,17H,3,6-7,9H2,1-2H3,(H,14,15)/t10-,11?/m1/s1. The van der Waals surface area contributed by atoms with Crippen molar-refractivity contribution < 1.29 is 13.5 Å². The van der Waals surface area contributed by atoms with Crippen molar-refractivity contribution in [2.24, 2.45) is 4.99 Å². The summed E-state index contributed by atoms with van der Waals surface area (Å²) in [5.74, 6) is 0.526. The second-order valence-corrected chi connectivity index (χ2v) is 8.07. The Morgan fingerprint density at radius 2 is 2.43 bits per heavy atom. The Balaban J connectivity index is 2.03. The molecule has 8 heteroatoms. The highest BCUT2D eigenvalue weighted by atomic mass is 32.2. The summed E-state index contributed by atoms with van der Waals surface area (Å²) in [5, 5.41) is 14.6. The maximum absolute atomic E-state index is 12.4. The molecule has 1 unspecified atom stereocenters. The zero-order valence-electron chi connectivity index (χ0n) is 12.2. The molecule has 2 N–H and O–H groups in total. The fraction of sp³-hybridized carbons (Fsp3) is 0.615. The fourth-order valence-corrected chi connectivity index (χ4v) is 4.92. The van der Waals surface area contributed by atoms with E-state index in [-0.39, 0.29) is 6.04 Å². The van der Waals surface area contributed by atoms with Crippen LogP contribution in [0.1, 0.15) is 20.3 Å². The first-order valence-electron chi connectivity index (χ1n) is 6.97. The van der Waals surface area contributed by atoms with Gasteiger partial charge in [-0.25, -0.2) is 8.42 Å². The molecule has 1 aliphatic heterocycles. The van der Waals surface area contributed by atoms with E-state index in [0.717, 1.165) is 0 Å². The largest absolute Gasteiger partial charge is 0.386 e. The Bertz CT molecular complexity index is 582. The normalized spacial score (nSPS) is 22.4. The average Bonchev–Trinajstić information content (AvgIpc) is 3.10. The van der Waals surface area contributed by atoms with E-state index in [2.05, 4.69) is 10.3 Å². The van der Waals surface area contributed by atoms with Crippen LogP contribution in [0, 0.1) is 0 Å². The lowest BCUT2D eigenvalue weighted by molar-refractivity contribution is 0.255. The smallest absolute Gasteiger partial charge is 0.252 e. The van der Waals surface area contributed by atoms with Crippen molar-refractivity contribution in [1.29, 1.82) is 0 Å². The predicted octanol–water partition coefficient (Wildman–Crippen LogP) is 0.900. The van der Waals surface area contributed by atoms with Crippen LogP contribution in [0.5, 0.6) is 0 Å². The summed E-state index contributed by atoms with van der Waals surface area (Å²) in [5.41, 5.74) is 0. The van der Waals surface area contributed by atoms with Crippen LogP contribution in [0.15, 0.2) is 26.7 Å². The summed E-state index contributed by atoms with van der Waals surface area (Å²) in [6.07, 6.45) is 0.0352. The minimum Gasteiger partial charge on any atom is -0.386 e. The monoisotopic (exact) mass is 331 g/mol. The summed E-state index contributed by atoms with van der Waals surface area (Å²) in [6.45, 7) is 5.01. The molecule has 2 rings (SSSR count). The molecule has 21 heavy (non-hydrogen) atoms. The molecule has 0 saturated carbocycles. The molecular weight excluding hydrogens is 310 g/mol. The maximum atomic E-state index is 12.4. The van der Waals surface area contributed by atoms with E-state index in [0.29, 0.717) is 36.1 Å². The lowest BCUT2D eigenvalue weighted by Gasteiger charge is -2.19. The topological polar surface area (TPSA) is 82.0 Å². The number of hydrogen-bond donors (Lipinski definition) is 2. The molecule has 1 saturated heterocycles. The lowest BCUT2D eigenvalue weighted by Crippen LogP contribution is -2.42. The van der Waals surface area contributed by atoms with E-state index in [1.807, 2.05) is 6.92 Å². The summed E-state index contributed by atoms with van der Waals surface area (Å²) < 4.78 is 26.7. The third-order valence-corrected chi connectivity index (χ3v) is 6.55. The molecule has 0 amide bonds. The minimum absolute atomic E-state index is 0.0142. The zero-order valence-corrected chi connectivity index (χ0v) is 13.8. The van der Waals surface area contributed by atoms with Crippen LogP contribution in [-0.2, 0) is 10.0 Å². The van der Waals surface area contributed by atoms with Crippen molar-refractivity contribution in [1.82, 2.24) is 9.62 Å². The van der Waals surface area contributed by atoms with Crippen LogP contribution in [-0.4, -0.2) is 55.4 Å². The lowest BCUT2D eigenvalue weighted by atomic mass is 10.2. The van der Waals surface area contributed by atoms with Crippen molar-refractivity contribution in [3.05, 3.63) is 17.5 Å². The first kappa shape index (κ1) is 16.4. The minimum atomic E-state index is -3.39. The number of hydrogen-bond acceptors (Lipinski definition) is 5. The molecular formula is C13H21N3O3S2. The molecule has 6 nitrogen and oxygen atoms in total. The quantitative estimate of drug-likeness (QED) is 0.620. The highest BCUT2D eigenvalue weighted by Crippen LogP contribution is 2.24. The Hall–Kier alpha value is -0.960. The molecule has 0 spiro atoms. The number of aliphatic imine (C=N–C) groups is 1. The molecule has 1 aromatic rings. The van der Waals surface area contributed by atoms with Gasteiger partial charge in [-0.2, -0.15) is 4.31 Å². The highest BCUT2D eigenvalue weighted by molar-refractivity contribution is 7.91. The number of thiophene rings is 1. The molecule has 2 heterocycles. The number of aliphatic hydroxyl groups is 1. The fourth-order valence-electron chi connectivity index (χ4n) is 2.28. The Labute approximate surface area is 129 Å². The molecule has 0 aliphatic carbocycles. The van der Waals surface area contributed by atoms with Gasteiger partial charge in [-0.1, -0.05) is 6.07 Å². The van der Waals surface area contributed by atoms with E-state index < -0.39 is 16.1 Å². The molecule has 0 radical (unpaired) electrons. The van der Waals surface area contributed by atoms with Gasteiger partial charge in [0, 0.05) is 25.7 Å². The van der Waals surface area contributed by atoms with Gasteiger partial charge < -0.3 is 10.4 Å². The van der Waals surface area contributed by atoms with Gasteiger partial charge >= 0.3 is 0 Å². The SMILES string of the molecule is CCN=C(NC1CCN(S(=O)(=O)c2cccs2)C1)[C@@H](C)O. The second kappa shape index (κ2) is 6.87. The van der Waals surface area contributed by atoms with E-state index in [1.54, 1.807) is 24.4 Å². The van der Waals surface area contributed by atoms with Crippen LogP contribution in [0.4, 0.5) is 0 Å². The van der Waals surface area contributed by atoms with Crippen LogP contribution >= 0.6 is 11.3 Å². The van der Waals surface area contributed by atoms with Crippen molar-refractivity contribution in [2.75, 3.05) is 19.6 Å². The summed E-state index contributed by atoms with van der Waals surface area (Å²) in [6, 6.07) is 3.35. The van der Waals surface area contributed by atoms with Crippen molar-refractivity contribution in [2.45, 2.75) is 36.6 Å². The van der Waals surface area contributed by atoms with Gasteiger partial charge in [0.25, 0.3) is 10.0 Å².